The molecule has 8 aliphatic rings. The van der Waals surface area contributed by atoms with Crippen molar-refractivity contribution in [1.82, 2.24) is 15.3 Å². The van der Waals surface area contributed by atoms with Gasteiger partial charge in [-0.2, -0.15) is 0 Å². The Balaban J connectivity index is 1.21. The number of H-pyrrole nitrogens is 1. The van der Waals surface area contributed by atoms with Gasteiger partial charge in [0.2, 0.25) is 5.91 Å². The topological polar surface area (TPSA) is 281 Å². The number of imidazole rings is 1. The Morgan fingerprint density at radius 2 is 1.67 bits per heavy atom. The van der Waals surface area contributed by atoms with Crippen LogP contribution < -0.4 is 11.1 Å². The number of fused-ring (bicyclic) bond motifs is 7. The number of rotatable bonds is 13. The number of aromatic amines is 1. The highest BCUT2D eigenvalue weighted by molar-refractivity contribution is 5.86. The molecule has 7 fully saturated rings. The number of aliphatic hydroxyl groups excluding tert-OH is 7. The first-order valence-electron chi connectivity index (χ1n) is 26.4. The molecule has 0 bridgehead atoms. The third-order valence-electron chi connectivity index (χ3n) is 22.3. The van der Waals surface area contributed by atoms with Gasteiger partial charge in [0.15, 0.2) is 6.29 Å². The second kappa shape index (κ2) is 18.2. The van der Waals surface area contributed by atoms with E-state index in [1.807, 2.05) is 6.92 Å². The number of nitrogens with zero attached hydrogens (tertiary/aromatic N) is 1. The van der Waals surface area contributed by atoms with E-state index in [0.29, 0.717) is 64.2 Å². The minimum absolute atomic E-state index is 0.0115. The Morgan fingerprint density at radius 3 is 2.29 bits per heavy atom. The number of carbonyl (C=O) groups is 2. The van der Waals surface area contributed by atoms with E-state index in [-0.39, 0.29) is 67.7 Å². The van der Waals surface area contributed by atoms with Crippen LogP contribution in [0.1, 0.15) is 149 Å². The predicted molar refractivity (Wildman–Crippen MR) is 253 cm³/mol. The van der Waals surface area contributed by atoms with Crippen molar-refractivity contribution in [2.45, 2.75) is 193 Å². The highest BCUT2D eigenvalue weighted by Gasteiger charge is 2.75. The van der Waals surface area contributed by atoms with Gasteiger partial charge < -0.3 is 66.4 Å². The van der Waals surface area contributed by atoms with Crippen LogP contribution in [0.15, 0.2) is 24.2 Å². The second-order valence-corrected chi connectivity index (χ2v) is 25.1. The molecule has 69 heavy (non-hydrogen) atoms. The molecule has 3 heterocycles. The maximum atomic E-state index is 14.8. The van der Waals surface area contributed by atoms with Gasteiger partial charge in [0.1, 0.15) is 24.5 Å². The van der Waals surface area contributed by atoms with Gasteiger partial charge in [0, 0.05) is 35.9 Å². The van der Waals surface area contributed by atoms with Crippen LogP contribution in [-0.2, 0) is 19.1 Å². The number of ether oxygens (including phenoxy) is 2. The number of carboxylic acid groups (broad SMARTS) is 1. The smallest absolute Gasteiger partial charge is 0.310 e. The Morgan fingerprint density at radius 1 is 0.942 bits per heavy atom. The first-order chi connectivity index (χ1) is 32.6. The number of allylic oxidation sites excluding steroid dienone is 2. The summed E-state index contributed by atoms with van der Waals surface area (Å²) in [6.45, 7) is 12.7. The Hall–Kier alpha value is -2.51. The zero-order valence-corrected chi connectivity index (χ0v) is 41.9. The van der Waals surface area contributed by atoms with Crippen LogP contribution in [0.3, 0.4) is 0 Å². The quantitative estimate of drug-likeness (QED) is 0.0755. The van der Waals surface area contributed by atoms with Gasteiger partial charge in [-0.1, -0.05) is 72.5 Å². The van der Waals surface area contributed by atoms with Crippen LogP contribution in [-0.4, -0.2) is 132 Å². The van der Waals surface area contributed by atoms with E-state index in [9.17, 15) is 50.4 Å². The van der Waals surface area contributed by atoms with Crippen LogP contribution in [0.2, 0.25) is 0 Å². The van der Waals surface area contributed by atoms with Gasteiger partial charge in [0.25, 0.3) is 0 Å². The molecule has 12 N–H and O–H groups in total. The predicted octanol–water partition coefficient (Wildman–Crippen LogP) is 4.10. The molecule has 1 spiro atoms. The van der Waals surface area contributed by atoms with Crippen LogP contribution in [0.25, 0.3) is 0 Å². The molecule has 1 aromatic heterocycles. The van der Waals surface area contributed by atoms with E-state index in [2.05, 4.69) is 56.0 Å². The van der Waals surface area contributed by atoms with Crippen LogP contribution in [0.5, 0.6) is 0 Å². The fraction of sp³-hybridized carbons (Fsp3) is 0.868. The van der Waals surface area contributed by atoms with Gasteiger partial charge in [-0.15, -0.1) is 0 Å². The minimum Gasteiger partial charge on any atom is -0.481 e. The summed E-state index contributed by atoms with van der Waals surface area (Å²) in [6.07, 6.45) is 5.67. The molecule has 16 heteroatoms. The molecule has 1 aromatic rings. The first kappa shape index (κ1) is 51.4. The fourth-order valence-corrected chi connectivity index (χ4v) is 18.3. The zero-order chi connectivity index (χ0) is 49.9. The highest BCUT2D eigenvalue weighted by Crippen LogP contribution is 2.79. The molecule has 21 unspecified atom stereocenters. The number of aromatic nitrogens is 2. The van der Waals surface area contributed by atoms with Crippen molar-refractivity contribution >= 4 is 11.9 Å². The molecule has 0 radical (unpaired) electrons. The van der Waals surface area contributed by atoms with E-state index in [1.165, 1.54) is 5.57 Å². The first-order valence-corrected chi connectivity index (χ1v) is 26.4. The third kappa shape index (κ3) is 7.43. The van der Waals surface area contributed by atoms with Crippen molar-refractivity contribution in [3.8, 4) is 0 Å². The summed E-state index contributed by atoms with van der Waals surface area (Å²) in [5, 5.41) is 94.0. The lowest BCUT2D eigenvalue weighted by atomic mass is 9.30. The summed E-state index contributed by atoms with van der Waals surface area (Å²) >= 11 is 0. The van der Waals surface area contributed by atoms with Crippen molar-refractivity contribution in [2.75, 3.05) is 19.8 Å². The molecule has 6 aliphatic carbocycles. The summed E-state index contributed by atoms with van der Waals surface area (Å²) in [7, 11) is 0. The number of nitrogens with two attached hydrogens (primary N) is 1. The lowest BCUT2D eigenvalue weighted by Crippen LogP contribution is -2.73. The molecule has 0 aromatic carbocycles. The van der Waals surface area contributed by atoms with Crippen molar-refractivity contribution in [2.24, 2.45) is 79.1 Å². The molecule has 21 atom stereocenters. The number of amides is 1. The highest BCUT2D eigenvalue weighted by atomic mass is 16.7. The standard InChI is InChI=1S/C53H84N4O12/c1-7-28-21-53(46(66)67)19-18-47(2,25-58)22-33(53)30-11-12-37-49(4,51(28,30)6)17-14-36-48(3,26-59)43(69-44-42(64)41(63)35(60)24-68-44)40(62)32(50(36,37)5)20-31-39(57-45(65)52(31)15-8-9-16-52)29(10-13-38(54)61)34-23-55-27-56-34/h11,23,27-29,31-33,35-44,58-64H,7-10,12-22,24-26,54H2,1-6H3,(H,55,56)(H,57,65)(H,66,67). The molecule has 9 rings (SSSR count). The average molecular weight is 969 g/mol. The number of hydrogen-bond donors (Lipinski definition) is 11. The summed E-state index contributed by atoms with van der Waals surface area (Å²) in [5.41, 5.74) is 3.19. The van der Waals surface area contributed by atoms with Gasteiger partial charge in [-0.05, 0) is 134 Å². The second-order valence-electron chi connectivity index (χ2n) is 25.1. The minimum atomic E-state index is -1.63. The Bertz CT molecular complexity index is 2080. The van der Waals surface area contributed by atoms with E-state index in [1.54, 1.807) is 12.5 Å². The Labute approximate surface area is 407 Å². The fourth-order valence-electron chi connectivity index (χ4n) is 18.3. The molecule has 1 amide bonds. The lowest BCUT2D eigenvalue weighted by Gasteiger charge is -2.74. The molecule has 2 saturated heterocycles. The SMILES string of the molecule is CCC1CC2(C(=O)O)CCC(C)(CO)CC2C2=CCC3C4(C)C(CC5C(C(CCC(N)O)c6cnc[nH]6)NC(=O)C56CCCC6)C(O)C(OC5OCC(O)C(O)C5O)C(C)(CO)C4CCC3(C)C21C. The maximum absolute atomic E-state index is 14.8. The third-order valence-corrected chi connectivity index (χ3v) is 22.3. The van der Waals surface area contributed by atoms with Crippen LogP contribution in [0.4, 0.5) is 0 Å². The lowest BCUT2D eigenvalue weighted by molar-refractivity contribution is -0.341. The molecule has 16 nitrogen and oxygen atoms in total. The number of hydrogen-bond acceptors (Lipinski definition) is 13. The largest absolute Gasteiger partial charge is 0.481 e. The maximum Gasteiger partial charge on any atom is 0.310 e. The van der Waals surface area contributed by atoms with Gasteiger partial charge in [0.05, 0.1) is 42.6 Å². The monoisotopic (exact) mass is 969 g/mol. The summed E-state index contributed by atoms with van der Waals surface area (Å²) in [6, 6.07) is -0.417. The number of nitrogens with one attached hydrogen (secondary N) is 2. The van der Waals surface area contributed by atoms with E-state index >= 15 is 0 Å². The summed E-state index contributed by atoms with van der Waals surface area (Å²) in [5.74, 6) is -2.51. The van der Waals surface area contributed by atoms with Crippen molar-refractivity contribution in [1.29, 1.82) is 0 Å². The summed E-state index contributed by atoms with van der Waals surface area (Å²) in [4.78, 5) is 36.2. The molecular weight excluding hydrogens is 885 g/mol. The van der Waals surface area contributed by atoms with E-state index in [4.69, 9.17) is 15.2 Å². The van der Waals surface area contributed by atoms with Crippen LogP contribution >= 0.6 is 0 Å². The van der Waals surface area contributed by atoms with Crippen molar-refractivity contribution < 1.29 is 59.9 Å². The van der Waals surface area contributed by atoms with E-state index in [0.717, 1.165) is 31.4 Å². The normalized spacial score (nSPS) is 48.9. The van der Waals surface area contributed by atoms with Crippen molar-refractivity contribution in [3.05, 3.63) is 29.9 Å². The summed E-state index contributed by atoms with van der Waals surface area (Å²) < 4.78 is 12.6. The van der Waals surface area contributed by atoms with E-state index < -0.39 is 98.9 Å². The van der Waals surface area contributed by atoms with Gasteiger partial charge in [-0.25, -0.2) is 4.98 Å². The number of carboxylic acids is 1. The van der Waals surface area contributed by atoms with Crippen LogP contribution in [0, 0.1) is 73.4 Å². The van der Waals surface area contributed by atoms with Crippen molar-refractivity contribution in [3.63, 3.8) is 0 Å². The number of aliphatic hydroxyl groups is 7. The van der Waals surface area contributed by atoms with Gasteiger partial charge >= 0.3 is 5.97 Å². The average Bonchev–Trinajstić information content (AvgIpc) is 4.09. The molecule has 5 saturated carbocycles. The Kier molecular flexibility index (Phi) is 13.5. The molecular formula is C53H84N4O12. The zero-order valence-electron chi connectivity index (χ0n) is 41.9. The number of aliphatic carboxylic acids is 1. The molecule has 388 valence electrons. The van der Waals surface area contributed by atoms with Gasteiger partial charge in [-0.3, -0.25) is 9.59 Å². The molecule has 2 aliphatic heterocycles. The number of carbonyl (C=O) groups excluding carboxylic acids is 1.